The van der Waals surface area contributed by atoms with Crippen LogP contribution in [-0.4, -0.2) is 37.0 Å². The first-order valence-electron chi connectivity index (χ1n) is 5.20. The van der Waals surface area contributed by atoms with Crippen LogP contribution in [0.3, 0.4) is 0 Å². The van der Waals surface area contributed by atoms with Gasteiger partial charge in [0.25, 0.3) is 0 Å². The summed E-state index contributed by atoms with van der Waals surface area (Å²) in [5, 5.41) is 3.43. The monoisotopic (exact) mass is 196 g/mol. The van der Waals surface area contributed by atoms with E-state index in [1.807, 2.05) is 11.9 Å². The quantitative estimate of drug-likeness (QED) is 0.687. The Labute approximate surface area is 86.2 Å². The molecular formula is C11H20N2O. The molecule has 1 atom stereocenters. The maximum atomic E-state index is 11.2. The summed E-state index contributed by atoms with van der Waals surface area (Å²) < 4.78 is 0. The Balaban J connectivity index is 2.26. The van der Waals surface area contributed by atoms with E-state index in [2.05, 4.69) is 25.2 Å². The van der Waals surface area contributed by atoms with Crippen LogP contribution in [0.4, 0.5) is 0 Å². The van der Waals surface area contributed by atoms with Crippen molar-refractivity contribution in [2.45, 2.75) is 32.7 Å². The van der Waals surface area contributed by atoms with Crippen LogP contribution in [0, 0.1) is 0 Å². The summed E-state index contributed by atoms with van der Waals surface area (Å²) in [5.74, 6) is 0.269. The summed E-state index contributed by atoms with van der Waals surface area (Å²) in [7, 11) is 1.87. The zero-order valence-corrected chi connectivity index (χ0v) is 9.34. The first-order chi connectivity index (χ1) is 6.59. The van der Waals surface area contributed by atoms with E-state index in [9.17, 15) is 4.79 Å². The Morgan fingerprint density at radius 1 is 1.64 bits per heavy atom. The lowest BCUT2D eigenvalue weighted by Crippen LogP contribution is -2.46. The maximum absolute atomic E-state index is 11.2. The second-order valence-electron chi connectivity index (χ2n) is 4.20. The number of likely N-dealkylation sites (N-methyl/N-ethyl adjacent to an activating group) is 1. The van der Waals surface area contributed by atoms with Crippen molar-refractivity contribution in [3.8, 4) is 0 Å². The van der Waals surface area contributed by atoms with Crippen LogP contribution in [0.15, 0.2) is 11.6 Å². The molecule has 1 unspecified atom stereocenters. The van der Waals surface area contributed by atoms with Gasteiger partial charge in [-0.2, -0.15) is 0 Å². The number of allylic oxidation sites excluding steroid dienone is 1. The van der Waals surface area contributed by atoms with Crippen molar-refractivity contribution in [2.75, 3.05) is 20.1 Å². The highest BCUT2D eigenvalue weighted by atomic mass is 16.2. The number of nitrogens with one attached hydrogen (secondary N) is 1. The lowest BCUT2D eigenvalue weighted by molar-refractivity contribution is -0.132. The van der Waals surface area contributed by atoms with Crippen molar-refractivity contribution in [1.29, 1.82) is 0 Å². The molecule has 0 bridgehead atoms. The maximum Gasteiger partial charge on any atom is 0.222 e. The normalized spacial score (nSPS) is 22.4. The topological polar surface area (TPSA) is 32.3 Å². The number of likely N-dealkylation sites (tertiary alicyclic amines) is 1. The van der Waals surface area contributed by atoms with Gasteiger partial charge in [-0.3, -0.25) is 4.79 Å². The predicted octanol–water partition coefficient (Wildman–Crippen LogP) is 1.16. The van der Waals surface area contributed by atoms with Crippen LogP contribution < -0.4 is 5.32 Å². The molecule has 0 aliphatic carbocycles. The van der Waals surface area contributed by atoms with Crippen molar-refractivity contribution in [2.24, 2.45) is 0 Å². The predicted molar refractivity (Wildman–Crippen MR) is 58.1 cm³/mol. The van der Waals surface area contributed by atoms with Gasteiger partial charge in [-0.15, -0.1) is 0 Å². The molecule has 1 amide bonds. The third kappa shape index (κ3) is 3.50. The summed E-state index contributed by atoms with van der Waals surface area (Å²) in [6.07, 6.45) is 3.83. The van der Waals surface area contributed by atoms with Crippen molar-refractivity contribution in [3.63, 3.8) is 0 Å². The summed E-state index contributed by atoms with van der Waals surface area (Å²) in [5.41, 5.74) is 1.33. The van der Waals surface area contributed by atoms with Crippen LogP contribution in [-0.2, 0) is 4.79 Å². The van der Waals surface area contributed by atoms with Gasteiger partial charge in [-0.1, -0.05) is 11.6 Å². The molecule has 1 heterocycles. The number of piperidine rings is 1. The Morgan fingerprint density at radius 2 is 2.36 bits per heavy atom. The second-order valence-corrected chi connectivity index (χ2v) is 4.20. The van der Waals surface area contributed by atoms with E-state index >= 15 is 0 Å². The van der Waals surface area contributed by atoms with E-state index in [1.165, 1.54) is 5.57 Å². The second kappa shape index (κ2) is 5.15. The Kier molecular flexibility index (Phi) is 4.14. The van der Waals surface area contributed by atoms with Gasteiger partial charge >= 0.3 is 0 Å². The third-order valence-electron chi connectivity index (χ3n) is 2.54. The van der Waals surface area contributed by atoms with Crippen LogP contribution in [0.25, 0.3) is 0 Å². The lowest BCUT2D eigenvalue weighted by atomic mass is 10.1. The molecule has 0 saturated carbocycles. The van der Waals surface area contributed by atoms with Crippen LogP contribution >= 0.6 is 0 Å². The van der Waals surface area contributed by atoms with Gasteiger partial charge in [0.1, 0.15) is 0 Å². The number of hydrogen-bond donors (Lipinski definition) is 1. The van der Waals surface area contributed by atoms with Gasteiger partial charge in [-0.25, -0.2) is 0 Å². The fraction of sp³-hybridized carbons (Fsp3) is 0.727. The number of rotatable bonds is 3. The number of amides is 1. The molecule has 0 aromatic heterocycles. The average Bonchev–Trinajstić information content (AvgIpc) is 2.10. The summed E-state index contributed by atoms with van der Waals surface area (Å²) in [4.78, 5) is 13.0. The first kappa shape index (κ1) is 11.2. The zero-order chi connectivity index (χ0) is 10.6. The molecular weight excluding hydrogens is 176 g/mol. The Morgan fingerprint density at radius 3 is 2.93 bits per heavy atom. The fourth-order valence-electron chi connectivity index (χ4n) is 1.61. The number of carbonyl (C=O) groups excluding carboxylic acids is 1. The van der Waals surface area contributed by atoms with E-state index in [0.29, 0.717) is 12.5 Å². The van der Waals surface area contributed by atoms with Gasteiger partial charge < -0.3 is 10.2 Å². The molecule has 3 nitrogen and oxygen atoms in total. The highest BCUT2D eigenvalue weighted by Crippen LogP contribution is 2.09. The molecule has 1 aliphatic heterocycles. The SMILES string of the molecule is CC(C)=CCNC1CCC(=O)N(C)C1. The minimum atomic E-state index is 0.269. The molecule has 0 aromatic carbocycles. The van der Waals surface area contributed by atoms with Gasteiger partial charge in [-0.05, 0) is 20.3 Å². The van der Waals surface area contributed by atoms with E-state index in [-0.39, 0.29) is 5.91 Å². The van der Waals surface area contributed by atoms with Crippen LogP contribution in [0.5, 0.6) is 0 Å². The largest absolute Gasteiger partial charge is 0.344 e. The van der Waals surface area contributed by atoms with Crippen LogP contribution in [0.2, 0.25) is 0 Å². The molecule has 80 valence electrons. The third-order valence-corrected chi connectivity index (χ3v) is 2.54. The van der Waals surface area contributed by atoms with E-state index in [4.69, 9.17) is 0 Å². The molecule has 0 spiro atoms. The Bertz CT molecular complexity index is 231. The molecule has 0 radical (unpaired) electrons. The van der Waals surface area contributed by atoms with E-state index < -0.39 is 0 Å². The number of nitrogens with zero attached hydrogens (tertiary/aromatic N) is 1. The molecule has 1 aliphatic rings. The average molecular weight is 196 g/mol. The molecule has 14 heavy (non-hydrogen) atoms. The van der Waals surface area contributed by atoms with Gasteiger partial charge in [0, 0.05) is 32.6 Å². The number of hydrogen-bond acceptors (Lipinski definition) is 2. The highest BCUT2D eigenvalue weighted by Gasteiger charge is 2.21. The van der Waals surface area contributed by atoms with Gasteiger partial charge in [0.15, 0.2) is 0 Å². The minimum Gasteiger partial charge on any atom is -0.344 e. The van der Waals surface area contributed by atoms with Crippen molar-refractivity contribution >= 4 is 5.91 Å². The van der Waals surface area contributed by atoms with Crippen molar-refractivity contribution in [1.82, 2.24) is 10.2 Å². The van der Waals surface area contributed by atoms with E-state index in [0.717, 1.165) is 19.5 Å². The lowest BCUT2D eigenvalue weighted by Gasteiger charge is -2.30. The van der Waals surface area contributed by atoms with Gasteiger partial charge in [0.05, 0.1) is 0 Å². The van der Waals surface area contributed by atoms with Crippen molar-refractivity contribution < 1.29 is 4.79 Å². The standard InChI is InChI=1S/C11H20N2O/c1-9(2)6-7-12-10-4-5-11(14)13(3)8-10/h6,10,12H,4-5,7-8H2,1-3H3. The summed E-state index contributed by atoms with van der Waals surface area (Å²) in [6, 6.07) is 0.466. The zero-order valence-electron chi connectivity index (χ0n) is 9.34. The van der Waals surface area contributed by atoms with Crippen LogP contribution in [0.1, 0.15) is 26.7 Å². The molecule has 1 fully saturated rings. The van der Waals surface area contributed by atoms with Crippen molar-refractivity contribution in [3.05, 3.63) is 11.6 Å². The summed E-state index contributed by atoms with van der Waals surface area (Å²) in [6.45, 7) is 5.95. The highest BCUT2D eigenvalue weighted by molar-refractivity contribution is 5.76. The summed E-state index contributed by atoms with van der Waals surface area (Å²) >= 11 is 0. The molecule has 0 aromatic rings. The first-order valence-corrected chi connectivity index (χ1v) is 5.20. The molecule has 1 N–H and O–H groups in total. The smallest absolute Gasteiger partial charge is 0.222 e. The molecule has 3 heteroatoms. The molecule has 1 saturated heterocycles. The Hall–Kier alpha value is -0.830. The number of carbonyl (C=O) groups is 1. The van der Waals surface area contributed by atoms with E-state index in [1.54, 1.807) is 0 Å². The molecule has 1 rings (SSSR count). The minimum absolute atomic E-state index is 0.269. The van der Waals surface area contributed by atoms with Gasteiger partial charge in [0.2, 0.25) is 5.91 Å². The fourth-order valence-corrected chi connectivity index (χ4v) is 1.61.